The first-order chi connectivity index (χ1) is 10.2. The highest BCUT2D eigenvalue weighted by atomic mass is 32.1. The number of thiophene rings is 1. The maximum absolute atomic E-state index is 3.73. The Hall–Kier alpha value is -1.16. The van der Waals surface area contributed by atoms with Crippen molar-refractivity contribution in [3.63, 3.8) is 0 Å². The van der Waals surface area contributed by atoms with E-state index in [9.17, 15) is 0 Å². The normalized spacial score (nSPS) is 26.9. The van der Waals surface area contributed by atoms with Crippen LogP contribution in [0.25, 0.3) is 0 Å². The Morgan fingerprint density at radius 3 is 2.76 bits per heavy atom. The predicted molar refractivity (Wildman–Crippen MR) is 90.6 cm³/mol. The molecule has 2 heterocycles. The monoisotopic (exact) mass is 300 g/mol. The Balaban J connectivity index is 1.89. The average Bonchev–Trinajstić information content (AvgIpc) is 3.03. The Morgan fingerprint density at radius 2 is 2.10 bits per heavy atom. The van der Waals surface area contributed by atoms with Crippen LogP contribution in [0.1, 0.15) is 31.4 Å². The van der Waals surface area contributed by atoms with E-state index in [1.807, 2.05) is 0 Å². The fourth-order valence-corrected chi connectivity index (χ4v) is 3.84. The maximum Gasteiger partial charge on any atom is 0.0561 e. The molecule has 1 aliphatic rings. The van der Waals surface area contributed by atoms with E-state index in [4.69, 9.17) is 0 Å². The summed E-state index contributed by atoms with van der Waals surface area (Å²) in [6, 6.07) is 13.8. The molecule has 0 radical (unpaired) electrons. The van der Waals surface area contributed by atoms with Crippen LogP contribution in [0.2, 0.25) is 0 Å². The molecule has 2 atom stereocenters. The SMILES string of the molecule is CCC1CN(Cc2ccsc2)C(C)(c2ccccc2)CN1. The summed E-state index contributed by atoms with van der Waals surface area (Å²) in [5.41, 5.74) is 2.90. The van der Waals surface area contributed by atoms with Gasteiger partial charge in [0.1, 0.15) is 0 Å². The molecular formula is C18H24N2S. The van der Waals surface area contributed by atoms with E-state index in [1.54, 1.807) is 11.3 Å². The number of hydrogen-bond acceptors (Lipinski definition) is 3. The van der Waals surface area contributed by atoms with Gasteiger partial charge in [-0.15, -0.1) is 0 Å². The summed E-state index contributed by atoms with van der Waals surface area (Å²) in [6.07, 6.45) is 1.19. The molecule has 2 aromatic rings. The van der Waals surface area contributed by atoms with Gasteiger partial charge in [0.2, 0.25) is 0 Å². The number of nitrogens with zero attached hydrogens (tertiary/aromatic N) is 1. The van der Waals surface area contributed by atoms with E-state index in [0.29, 0.717) is 6.04 Å². The number of hydrogen-bond donors (Lipinski definition) is 1. The Bertz CT molecular complexity index is 552. The summed E-state index contributed by atoms with van der Waals surface area (Å²) in [4.78, 5) is 2.65. The molecule has 3 heteroatoms. The zero-order chi connectivity index (χ0) is 14.7. The van der Waals surface area contributed by atoms with Gasteiger partial charge in [-0.25, -0.2) is 0 Å². The van der Waals surface area contributed by atoms with Gasteiger partial charge >= 0.3 is 0 Å². The van der Waals surface area contributed by atoms with Crippen molar-refractivity contribution in [2.24, 2.45) is 0 Å². The fourth-order valence-electron chi connectivity index (χ4n) is 3.18. The predicted octanol–water partition coefficient (Wildman–Crippen LogP) is 3.85. The zero-order valence-electron chi connectivity index (χ0n) is 12.9. The molecule has 3 rings (SSSR count). The second-order valence-corrected chi connectivity index (χ2v) is 6.92. The summed E-state index contributed by atoms with van der Waals surface area (Å²) < 4.78 is 0. The summed E-state index contributed by atoms with van der Waals surface area (Å²) in [7, 11) is 0. The Labute approximate surface area is 131 Å². The lowest BCUT2D eigenvalue weighted by atomic mass is 9.86. The third kappa shape index (κ3) is 3.05. The minimum absolute atomic E-state index is 0.0644. The molecule has 2 unspecified atom stereocenters. The van der Waals surface area contributed by atoms with Gasteiger partial charge in [0, 0.05) is 25.7 Å². The van der Waals surface area contributed by atoms with Gasteiger partial charge in [-0.1, -0.05) is 37.3 Å². The van der Waals surface area contributed by atoms with E-state index in [2.05, 4.69) is 71.2 Å². The van der Waals surface area contributed by atoms with Gasteiger partial charge in [0.05, 0.1) is 5.54 Å². The fraction of sp³-hybridized carbons (Fsp3) is 0.444. The van der Waals surface area contributed by atoms with E-state index < -0.39 is 0 Å². The van der Waals surface area contributed by atoms with Gasteiger partial charge in [-0.2, -0.15) is 11.3 Å². The smallest absolute Gasteiger partial charge is 0.0561 e. The highest BCUT2D eigenvalue weighted by Gasteiger charge is 2.38. The van der Waals surface area contributed by atoms with Crippen molar-refractivity contribution in [1.82, 2.24) is 10.2 Å². The molecule has 1 saturated heterocycles. The van der Waals surface area contributed by atoms with E-state index in [1.165, 1.54) is 17.5 Å². The molecule has 0 amide bonds. The number of rotatable bonds is 4. The molecule has 1 aliphatic heterocycles. The quantitative estimate of drug-likeness (QED) is 0.922. The number of benzene rings is 1. The first-order valence-electron chi connectivity index (χ1n) is 7.77. The number of nitrogens with one attached hydrogen (secondary N) is 1. The molecule has 0 spiro atoms. The molecule has 1 N–H and O–H groups in total. The average molecular weight is 300 g/mol. The van der Waals surface area contributed by atoms with Gasteiger partial charge in [-0.05, 0) is 41.3 Å². The molecule has 1 fully saturated rings. The first-order valence-corrected chi connectivity index (χ1v) is 8.71. The molecule has 0 aliphatic carbocycles. The molecule has 0 bridgehead atoms. The van der Waals surface area contributed by atoms with Gasteiger partial charge < -0.3 is 5.32 Å². The molecule has 112 valence electrons. The van der Waals surface area contributed by atoms with Gasteiger partial charge in [0.15, 0.2) is 0 Å². The van der Waals surface area contributed by atoms with Crippen LogP contribution in [0, 0.1) is 0 Å². The van der Waals surface area contributed by atoms with Crippen LogP contribution in [-0.2, 0) is 12.1 Å². The van der Waals surface area contributed by atoms with Crippen LogP contribution >= 0.6 is 11.3 Å². The van der Waals surface area contributed by atoms with E-state index in [0.717, 1.165) is 19.6 Å². The van der Waals surface area contributed by atoms with Crippen LogP contribution in [-0.4, -0.2) is 24.0 Å². The van der Waals surface area contributed by atoms with Crippen LogP contribution in [0.4, 0.5) is 0 Å². The molecule has 1 aromatic heterocycles. The molecule has 21 heavy (non-hydrogen) atoms. The Kier molecular flexibility index (Phi) is 4.43. The number of piperazine rings is 1. The van der Waals surface area contributed by atoms with Crippen molar-refractivity contribution in [2.75, 3.05) is 13.1 Å². The van der Waals surface area contributed by atoms with E-state index >= 15 is 0 Å². The molecular weight excluding hydrogens is 276 g/mol. The third-order valence-corrected chi connectivity index (χ3v) is 5.45. The lowest BCUT2D eigenvalue weighted by molar-refractivity contribution is 0.0413. The highest BCUT2D eigenvalue weighted by Crippen LogP contribution is 2.32. The van der Waals surface area contributed by atoms with E-state index in [-0.39, 0.29) is 5.54 Å². The molecule has 2 nitrogen and oxygen atoms in total. The zero-order valence-corrected chi connectivity index (χ0v) is 13.7. The second-order valence-electron chi connectivity index (χ2n) is 6.14. The lowest BCUT2D eigenvalue weighted by Gasteiger charge is -2.48. The molecule has 0 saturated carbocycles. The van der Waals surface area contributed by atoms with Crippen LogP contribution in [0.3, 0.4) is 0 Å². The highest BCUT2D eigenvalue weighted by molar-refractivity contribution is 7.07. The largest absolute Gasteiger partial charge is 0.311 e. The standard InChI is InChI=1S/C18H24N2S/c1-3-17-12-20(11-15-9-10-21-13-15)18(2,14-19-17)16-7-5-4-6-8-16/h4-10,13,17,19H,3,11-12,14H2,1-2H3. The van der Waals surface area contributed by atoms with Crippen LogP contribution in [0.5, 0.6) is 0 Å². The van der Waals surface area contributed by atoms with Crippen LogP contribution < -0.4 is 5.32 Å². The summed E-state index contributed by atoms with van der Waals surface area (Å²) in [6.45, 7) is 7.80. The second kappa shape index (κ2) is 6.30. The van der Waals surface area contributed by atoms with Crippen molar-refractivity contribution in [2.45, 2.75) is 38.4 Å². The summed E-state index contributed by atoms with van der Waals surface area (Å²) in [5.74, 6) is 0. The van der Waals surface area contributed by atoms with Gasteiger partial charge in [0.25, 0.3) is 0 Å². The van der Waals surface area contributed by atoms with Crippen molar-refractivity contribution >= 4 is 11.3 Å². The van der Waals surface area contributed by atoms with Crippen LogP contribution in [0.15, 0.2) is 47.2 Å². The maximum atomic E-state index is 3.73. The minimum atomic E-state index is 0.0644. The summed E-state index contributed by atoms with van der Waals surface area (Å²) >= 11 is 1.79. The van der Waals surface area contributed by atoms with Crippen molar-refractivity contribution < 1.29 is 0 Å². The topological polar surface area (TPSA) is 15.3 Å². The van der Waals surface area contributed by atoms with Gasteiger partial charge in [-0.3, -0.25) is 4.90 Å². The first kappa shape index (κ1) is 14.8. The third-order valence-electron chi connectivity index (χ3n) is 4.72. The Morgan fingerprint density at radius 1 is 1.29 bits per heavy atom. The van der Waals surface area contributed by atoms with Crippen molar-refractivity contribution in [1.29, 1.82) is 0 Å². The summed E-state index contributed by atoms with van der Waals surface area (Å²) in [5, 5.41) is 8.18. The molecule has 1 aromatic carbocycles. The minimum Gasteiger partial charge on any atom is -0.311 e. The lowest BCUT2D eigenvalue weighted by Crippen LogP contribution is -2.60. The van der Waals surface area contributed by atoms with Crippen molar-refractivity contribution in [3.05, 3.63) is 58.3 Å². The van der Waals surface area contributed by atoms with Crippen molar-refractivity contribution in [3.8, 4) is 0 Å².